The van der Waals surface area contributed by atoms with Crippen molar-refractivity contribution in [1.29, 1.82) is 0 Å². The van der Waals surface area contributed by atoms with Gasteiger partial charge in [0.1, 0.15) is 0 Å². The van der Waals surface area contributed by atoms with Crippen LogP contribution in [0, 0.1) is 0 Å². The summed E-state index contributed by atoms with van der Waals surface area (Å²) in [6.07, 6.45) is 3.28. The first-order chi connectivity index (χ1) is 10.2. The van der Waals surface area contributed by atoms with Crippen LogP contribution in [0.2, 0.25) is 5.02 Å². The summed E-state index contributed by atoms with van der Waals surface area (Å²) in [4.78, 5) is 15.4. The molecular formula is C15H10ClN3O2. The molecule has 0 aliphatic rings. The number of carbonyl (C=O) groups is 1. The number of hydrogen-bond donors (Lipinski definition) is 1. The molecule has 3 aromatic rings. The minimum atomic E-state index is -1.07. The van der Waals surface area contributed by atoms with Crippen molar-refractivity contribution in [3.05, 3.63) is 65.6 Å². The lowest BCUT2D eigenvalue weighted by Crippen LogP contribution is -2.08. The fourth-order valence-corrected chi connectivity index (χ4v) is 2.21. The third-order valence-electron chi connectivity index (χ3n) is 2.97. The number of aromatic nitrogens is 3. The van der Waals surface area contributed by atoms with Crippen molar-refractivity contribution in [2.75, 3.05) is 0 Å². The maximum Gasteiger partial charge on any atom is 0.354 e. The zero-order valence-electron chi connectivity index (χ0n) is 10.8. The minimum Gasteiger partial charge on any atom is -0.477 e. The van der Waals surface area contributed by atoms with Crippen LogP contribution in [0.3, 0.4) is 0 Å². The van der Waals surface area contributed by atoms with Gasteiger partial charge in [-0.25, -0.2) is 9.48 Å². The van der Waals surface area contributed by atoms with E-state index in [0.717, 1.165) is 5.56 Å². The van der Waals surface area contributed by atoms with Gasteiger partial charge < -0.3 is 5.11 Å². The maximum atomic E-state index is 11.4. The fourth-order valence-electron chi connectivity index (χ4n) is 2.00. The smallest absolute Gasteiger partial charge is 0.354 e. The number of nitrogens with zero attached hydrogens (tertiary/aromatic N) is 3. The number of hydrogen-bond acceptors (Lipinski definition) is 3. The molecule has 0 unspecified atom stereocenters. The van der Waals surface area contributed by atoms with Gasteiger partial charge in [0.2, 0.25) is 0 Å². The van der Waals surface area contributed by atoms with Crippen LogP contribution in [0.25, 0.3) is 16.9 Å². The third kappa shape index (κ3) is 2.51. The largest absolute Gasteiger partial charge is 0.477 e. The number of para-hydroxylation sites is 1. The summed E-state index contributed by atoms with van der Waals surface area (Å²) >= 11 is 6.12. The van der Waals surface area contributed by atoms with Gasteiger partial charge in [0, 0.05) is 18.0 Å². The molecule has 0 aliphatic heterocycles. The Bertz CT molecular complexity index is 800. The van der Waals surface area contributed by atoms with E-state index in [1.54, 1.807) is 42.7 Å². The van der Waals surface area contributed by atoms with E-state index in [0.29, 0.717) is 16.4 Å². The molecule has 0 saturated carbocycles. The van der Waals surface area contributed by atoms with Crippen LogP contribution in [-0.2, 0) is 0 Å². The van der Waals surface area contributed by atoms with Crippen LogP contribution in [0.15, 0.2) is 54.9 Å². The van der Waals surface area contributed by atoms with E-state index in [9.17, 15) is 9.90 Å². The number of benzene rings is 1. The predicted octanol–water partition coefficient (Wildman–Crippen LogP) is 3.29. The van der Waals surface area contributed by atoms with Gasteiger partial charge in [-0.15, -0.1) is 0 Å². The second kappa shape index (κ2) is 5.38. The van der Waals surface area contributed by atoms with Gasteiger partial charge in [0.15, 0.2) is 5.69 Å². The molecule has 0 amide bonds. The van der Waals surface area contributed by atoms with Crippen LogP contribution in [0.5, 0.6) is 0 Å². The van der Waals surface area contributed by atoms with E-state index in [4.69, 9.17) is 11.6 Å². The number of rotatable bonds is 3. The lowest BCUT2D eigenvalue weighted by atomic mass is 10.2. The zero-order chi connectivity index (χ0) is 14.8. The van der Waals surface area contributed by atoms with Crippen LogP contribution >= 0.6 is 11.6 Å². The van der Waals surface area contributed by atoms with Crippen LogP contribution < -0.4 is 0 Å². The highest BCUT2D eigenvalue weighted by atomic mass is 35.5. The van der Waals surface area contributed by atoms with Crippen molar-refractivity contribution in [3.8, 4) is 16.9 Å². The summed E-state index contributed by atoms with van der Waals surface area (Å²) < 4.78 is 1.33. The molecule has 0 fully saturated rings. The van der Waals surface area contributed by atoms with Crippen molar-refractivity contribution in [2.45, 2.75) is 0 Å². The topological polar surface area (TPSA) is 68.0 Å². The lowest BCUT2D eigenvalue weighted by Gasteiger charge is -2.06. The van der Waals surface area contributed by atoms with E-state index in [1.165, 1.54) is 10.7 Å². The Morgan fingerprint density at radius 2 is 2.00 bits per heavy atom. The van der Waals surface area contributed by atoms with Gasteiger partial charge >= 0.3 is 5.97 Å². The SMILES string of the molecule is O=C(O)c1cc(-c2cccnc2)nn1-c1ccccc1Cl. The quantitative estimate of drug-likeness (QED) is 0.806. The molecule has 0 aliphatic carbocycles. The first-order valence-corrected chi connectivity index (χ1v) is 6.53. The summed E-state index contributed by atoms with van der Waals surface area (Å²) in [5.41, 5.74) is 1.83. The van der Waals surface area contributed by atoms with Crippen molar-refractivity contribution in [1.82, 2.24) is 14.8 Å². The lowest BCUT2D eigenvalue weighted by molar-refractivity contribution is 0.0687. The molecule has 2 aromatic heterocycles. The normalized spacial score (nSPS) is 10.5. The predicted molar refractivity (Wildman–Crippen MR) is 78.8 cm³/mol. The Morgan fingerprint density at radius 3 is 2.67 bits per heavy atom. The summed E-state index contributed by atoms with van der Waals surface area (Å²) in [6.45, 7) is 0. The Morgan fingerprint density at radius 1 is 1.19 bits per heavy atom. The van der Waals surface area contributed by atoms with E-state index in [-0.39, 0.29) is 5.69 Å². The molecule has 3 rings (SSSR count). The molecule has 104 valence electrons. The number of carboxylic acids is 1. The second-order valence-corrected chi connectivity index (χ2v) is 4.73. The first-order valence-electron chi connectivity index (χ1n) is 6.15. The maximum absolute atomic E-state index is 11.4. The zero-order valence-corrected chi connectivity index (χ0v) is 11.5. The average Bonchev–Trinajstić information content (AvgIpc) is 2.94. The molecule has 5 nitrogen and oxygen atoms in total. The number of aromatic carboxylic acids is 1. The van der Waals surface area contributed by atoms with Crippen molar-refractivity contribution >= 4 is 17.6 Å². The highest BCUT2D eigenvalue weighted by molar-refractivity contribution is 6.32. The average molecular weight is 300 g/mol. The van der Waals surface area contributed by atoms with E-state index < -0.39 is 5.97 Å². The second-order valence-electron chi connectivity index (χ2n) is 4.32. The Hall–Kier alpha value is -2.66. The summed E-state index contributed by atoms with van der Waals surface area (Å²) in [6, 6.07) is 12.0. The van der Waals surface area contributed by atoms with Gasteiger partial charge in [-0.3, -0.25) is 4.98 Å². The molecule has 1 N–H and O–H groups in total. The van der Waals surface area contributed by atoms with Crippen molar-refractivity contribution in [2.24, 2.45) is 0 Å². The highest BCUT2D eigenvalue weighted by Crippen LogP contribution is 2.25. The monoisotopic (exact) mass is 299 g/mol. The van der Waals surface area contributed by atoms with E-state index in [1.807, 2.05) is 6.07 Å². The van der Waals surface area contributed by atoms with Gasteiger partial charge in [0.25, 0.3) is 0 Å². The first kappa shape index (κ1) is 13.3. The molecule has 6 heteroatoms. The van der Waals surface area contributed by atoms with E-state index >= 15 is 0 Å². The molecule has 21 heavy (non-hydrogen) atoms. The molecule has 2 heterocycles. The van der Waals surface area contributed by atoms with Gasteiger partial charge in [-0.1, -0.05) is 23.7 Å². The van der Waals surface area contributed by atoms with Gasteiger partial charge in [0.05, 0.1) is 16.4 Å². The standard InChI is InChI=1S/C15H10ClN3O2/c16-11-5-1-2-6-13(11)19-14(15(20)21)8-12(18-19)10-4-3-7-17-9-10/h1-9H,(H,20,21). The summed E-state index contributed by atoms with van der Waals surface area (Å²) in [7, 11) is 0. The van der Waals surface area contributed by atoms with Gasteiger partial charge in [-0.2, -0.15) is 5.10 Å². The molecule has 1 aromatic carbocycles. The van der Waals surface area contributed by atoms with Crippen LogP contribution in [-0.4, -0.2) is 25.8 Å². The summed E-state index contributed by atoms with van der Waals surface area (Å²) in [5, 5.41) is 14.1. The number of pyridine rings is 1. The fraction of sp³-hybridized carbons (Fsp3) is 0. The Balaban J connectivity index is 2.19. The van der Waals surface area contributed by atoms with Crippen molar-refractivity contribution in [3.63, 3.8) is 0 Å². The highest BCUT2D eigenvalue weighted by Gasteiger charge is 2.18. The Kier molecular flexibility index (Phi) is 3.41. The van der Waals surface area contributed by atoms with Crippen LogP contribution in [0.1, 0.15) is 10.5 Å². The van der Waals surface area contributed by atoms with Gasteiger partial charge in [-0.05, 0) is 30.3 Å². The molecule has 0 bridgehead atoms. The molecule has 0 saturated heterocycles. The molecule has 0 atom stereocenters. The number of halogens is 1. The van der Waals surface area contributed by atoms with Crippen LogP contribution in [0.4, 0.5) is 0 Å². The van der Waals surface area contributed by atoms with E-state index in [2.05, 4.69) is 10.1 Å². The Labute approximate surface area is 125 Å². The third-order valence-corrected chi connectivity index (χ3v) is 3.29. The number of carboxylic acid groups (broad SMARTS) is 1. The molecular weight excluding hydrogens is 290 g/mol. The molecule has 0 spiro atoms. The minimum absolute atomic E-state index is 0.0435. The van der Waals surface area contributed by atoms with Crippen molar-refractivity contribution < 1.29 is 9.90 Å². The summed E-state index contributed by atoms with van der Waals surface area (Å²) in [5.74, 6) is -1.07. The molecule has 0 radical (unpaired) electrons.